The summed E-state index contributed by atoms with van der Waals surface area (Å²) in [6.07, 6.45) is -1.14. The molecule has 1 atom stereocenters. The molecule has 0 saturated heterocycles. The lowest BCUT2D eigenvalue weighted by molar-refractivity contribution is 0.0763. The summed E-state index contributed by atoms with van der Waals surface area (Å²) in [7, 11) is 1.92. The number of carbonyl (C=O) groups is 1. The van der Waals surface area contributed by atoms with Crippen LogP contribution in [0.4, 0.5) is 0 Å². The van der Waals surface area contributed by atoms with Gasteiger partial charge in [-0.15, -0.1) is 0 Å². The van der Waals surface area contributed by atoms with Crippen molar-refractivity contribution in [2.75, 3.05) is 6.54 Å². The number of aromatic nitrogens is 2. The van der Waals surface area contributed by atoms with Gasteiger partial charge in [0.1, 0.15) is 11.9 Å². The lowest BCUT2D eigenvalue weighted by Crippen LogP contribution is -2.29. The largest absolute Gasteiger partial charge is 0.384 e. The van der Waals surface area contributed by atoms with E-state index < -0.39 is 6.10 Å². The van der Waals surface area contributed by atoms with Gasteiger partial charge < -0.3 is 15.4 Å². The van der Waals surface area contributed by atoms with Crippen molar-refractivity contribution < 1.29 is 9.90 Å². The summed E-state index contributed by atoms with van der Waals surface area (Å²) in [5.74, 6) is 0.515. The minimum absolute atomic E-state index is 0.0713. The summed E-state index contributed by atoms with van der Waals surface area (Å²) >= 11 is 0. The number of benzene rings is 1. The molecule has 5 nitrogen and oxygen atoms in total. The summed E-state index contributed by atoms with van der Waals surface area (Å²) in [5, 5.41) is 9.41. The molecule has 5 heteroatoms. The highest BCUT2D eigenvalue weighted by Gasteiger charge is 2.16. The zero-order chi connectivity index (χ0) is 12.6. The first-order valence-electron chi connectivity index (χ1n) is 5.40. The molecule has 17 heavy (non-hydrogen) atoms. The van der Waals surface area contributed by atoms with E-state index in [1.807, 2.05) is 24.6 Å². The first kappa shape index (κ1) is 11.8. The summed E-state index contributed by atoms with van der Waals surface area (Å²) in [5.41, 5.74) is 7.41. The molecule has 0 aliphatic rings. The predicted molar refractivity (Wildman–Crippen MR) is 64.8 cm³/mol. The summed E-state index contributed by atoms with van der Waals surface area (Å²) in [6.45, 7) is 1.83. The number of imidazole rings is 1. The lowest BCUT2D eigenvalue weighted by Gasteiger charge is -2.06. The van der Waals surface area contributed by atoms with Gasteiger partial charge in [-0.1, -0.05) is 0 Å². The SMILES string of the molecule is Cc1nc2cc(C(=O)C(O)CN)ccc2n1C. The van der Waals surface area contributed by atoms with Crippen LogP contribution in [0, 0.1) is 6.92 Å². The highest BCUT2D eigenvalue weighted by Crippen LogP contribution is 2.17. The highest BCUT2D eigenvalue weighted by molar-refractivity contribution is 6.01. The molecule has 90 valence electrons. The van der Waals surface area contributed by atoms with E-state index in [0.717, 1.165) is 16.9 Å². The zero-order valence-corrected chi connectivity index (χ0v) is 9.84. The average Bonchev–Trinajstić information content (AvgIpc) is 2.62. The van der Waals surface area contributed by atoms with Gasteiger partial charge in [-0.05, 0) is 25.1 Å². The Hall–Kier alpha value is -1.72. The molecule has 1 heterocycles. The van der Waals surface area contributed by atoms with Gasteiger partial charge in [-0.3, -0.25) is 4.79 Å². The molecular formula is C12H15N3O2. The number of nitrogens with two attached hydrogens (primary N) is 1. The molecule has 0 bridgehead atoms. The van der Waals surface area contributed by atoms with Crippen molar-refractivity contribution in [3.63, 3.8) is 0 Å². The van der Waals surface area contributed by atoms with Crippen molar-refractivity contribution in [1.82, 2.24) is 9.55 Å². The van der Waals surface area contributed by atoms with Gasteiger partial charge in [0.2, 0.25) is 0 Å². The Morgan fingerprint density at radius 3 is 2.94 bits per heavy atom. The van der Waals surface area contributed by atoms with Gasteiger partial charge in [0.25, 0.3) is 0 Å². The van der Waals surface area contributed by atoms with Crippen molar-refractivity contribution >= 4 is 16.8 Å². The van der Waals surface area contributed by atoms with Crippen LogP contribution in [0.1, 0.15) is 16.2 Å². The molecule has 0 fully saturated rings. The first-order valence-corrected chi connectivity index (χ1v) is 5.40. The molecule has 0 aliphatic carbocycles. The molecule has 0 saturated carbocycles. The van der Waals surface area contributed by atoms with E-state index in [-0.39, 0.29) is 12.3 Å². The van der Waals surface area contributed by atoms with Crippen LogP contribution < -0.4 is 5.73 Å². The lowest BCUT2D eigenvalue weighted by atomic mass is 10.1. The van der Waals surface area contributed by atoms with E-state index >= 15 is 0 Å². The Bertz CT molecular complexity index is 574. The van der Waals surface area contributed by atoms with Gasteiger partial charge in [0.15, 0.2) is 5.78 Å². The maximum Gasteiger partial charge on any atom is 0.192 e. The van der Waals surface area contributed by atoms with Gasteiger partial charge in [-0.2, -0.15) is 0 Å². The van der Waals surface area contributed by atoms with Gasteiger partial charge in [-0.25, -0.2) is 4.98 Å². The van der Waals surface area contributed by atoms with Crippen molar-refractivity contribution in [1.29, 1.82) is 0 Å². The first-order chi connectivity index (χ1) is 8.04. The normalized spacial score (nSPS) is 12.9. The molecule has 1 aromatic heterocycles. The topological polar surface area (TPSA) is 81.1 Å². The number of rotatable bonds is 3. The summed E-state index contributed by atoms with van der Waals surface area (Å²) in [4.78, 5) is 16.1. The fraction of sp³-hybridized carbons (Fsp3) is 0.333. The van der Waals surface area contributed by atoms with Crippen molar-refractivity contribution in [2.45, 2.75) is 13.0 Å². The van der Waals surface area contributed by atoms with Gasteiger partial charge >= 0.3 is 0 Å². The molecule has 1 unspecified atom stereocenters. The standard InChI is InChI=1S/C12H15N3O2/c1-7-14-9-5-8(12(17)11(16)6-13)3-4-10(9)15(7)2/h3-5,11,16H,6,13H2,1-2H3. The second kappa shape index (κ2) is 4.27. The minimum atomic E-state index is -1.14. The average molecular weight is 233 g/mol. The van der Waals surface area contributed by atoms with E-state index in [1.165, 1.54) is 0 Å². The van der Waals surface area contributed by atoms with Crippen LogP contribution in [0.25, 0.3) is 11.0 Å². The summed E-state index contributed by atoms with van der Waals surface area (Å²) < 4.78 is 1.95. The number of hydrogen-bond acceptors (Lipinski definition) is 4. The third kappa shape index (κ3) is 1.94. The number of aliphatic hydroxyl groups is 1. The second-order valence-electron chi connectivity index (χ2n) is 4.04. The monoisotopic (exact) mass is 233 g/mol. The van der Waals surface area contributed by atoms with Crippen LogP contribution in [0.15, 0.2) is 18.2 Å². The van der Waals surface area contributed by atoms with Crippen LogP contribution in [-0.4, -0.2) is 33.1 Å². The number of hydrogen-bond donors (Lipinski definition) is 2. The Morgan fingerprint density at radius 2 is 2.29 bits per heavy atom. The Kier molecular flexibility index (Phi) is 2.95. The molecular weight excluding hydrogens is 218 g/mol. The molecule has 0 spiro atoms. The molecule has 0 amide bonds. The fourth-order valence-electron chi connectivity index (χ4n) is 1.77. The molecule has 0 radical (unpaired) electrons. The fourth-order valence-corrected chi connectivity index (χ4v) is 1.77. The minimum Gasteiger partial charge on any atom is -0.384 e. The number of Topliss-reactive ketones (excluding diaryl/α,β-unsaturated/α-hetero) is 1. The Balaban J connectivity index is 2.48. The van der Waals surface area contributed by atoms with Crippen molar-refractivity contribution in [2.24, 2.45) is 12.8 Å². The summed E-state index contributed by atoms with van der Waals surface area (Å²) in [6, 6.07) is 5.19. The molecule has 3 N–H and O–H groups in total. The van der Waals surface area contributed by atoms with Crippen LogP contribution >= 0.6 is 0 Å². The van der Waals surface area contributed by atoms with E-state index in [2.05, 4.69) is 4.98 Å². The van der Waals surface area contributed by atoms with Crippen LogP contribution in [0.3, 0.4) is 0 Å². The van der Waals surface area contributed by atoms with Crippen molar-refractivity contribution in [3.05, 3.63) is 29.6 Å². The number of ketones is 1. The van der Waals surface area contributed by atoms with E-state index in [9.17, 15) is 9.90 Å². The Morgan fingerprint density at radius 1 is 1.59 bits per heavy atom. The highest BCUT2D eigenvalue weighted by atomic mass is 16.3. The number of fused-ring (bicyclic) bond motifs is 1. The van der Waals surface area contributed by atoms with Crippen LogP contribution in [0.5, 0.6) is 0 Å². The van der Waals surface area contributed by atoms with Crippen LogP contribution in [-0.2, 0) is 7.05 Å². The smallest absolute Gasteiger partial charge is 0.192 e. The van der Waals surface area contributed by atoms with Gasteiger partial charge in [0.05, 0.1) is 11.0 Å². The molecule has 0 aliphatic heterocycles. The number of nitrogens with zero attached hydrogens (tertiary/aromatic N) is 2. The van der Waals surface area contributed by atoms with Crippen molar-refractivity contribution in [3.8, 4) is 0 Å². The zero-order valence-electron chi connectivity index (χ0n) is 9.84. The number of carbonyl (C=O) groups excluding carboxylic acids is 1. The Labute approximate surface area is 98.9 Å². The maximum atomic E-state index is 11.7. The molecule has 2 aromatic rings. The predicted octanol–water partition coefficient (Wildman–Crippen LogP) is 0.384. The van der Waals surface area contributed by atoms with E-state index in [0.29, 0.717) is 5.56 Å². The second-order valence-corrected chi connectivity index (χ2v) is 4.04. The van der Waals surface area contributed by atoms with Gasteiger partial charge in [0, 0.05) is 19.2 Å². The molecule has 2 rings (SSSR count). The number of aryl methyl sites for hydroxylation is 2. The third-order valence-corrected chi connectivity index (χ3v) is 2.91. The molecule has 1 aromatic carbocycles. The van der Waals surface area contributed by atoms with E-state index in [1.54, 1.807) is 12.1 Å². The van der Waals surface area contributed by atoms with Crippen LogP contribution in [0.2, 0.25) is 0 Å². The third-order valence-electron chi connectivity index (χ3n) is 2.91. The maximum absolute atomic E-state index is 11.7. The number of aliphatic hydroxyl groups excluding tert-OH is 1. The van der Waals surface area contributed by atoms with E-state index in [4.69, 9.17) is 5.73 Å². The quantitative estimate of drug-likeness (QED) is 0.751.